The van der Waals surface area contributed by atoms with Gasteiger partial charge in [0, 0.05) is 4.90 Å². The van der Waals surface area contributed by atoms with Crippen LogP contribution in [-0.2, 0) is 4.79 Å². The van der Waals surface area contributed by atoms with Gasteiger partial charge in [0.1, 0.15) is 0 Å². The van der Waals surface area contributed by atoms with Gasteiger partial charge in [0.2, 0.25) is 5.91 Å². The first-order chi connectivity index (χ1) is 5.29. The average molecular weight is 167 g/mol. The molecule has 58 valence electrons. The van der Waals surface area contributed by atoms with Crippen LogP contribution in [0.4, 0.5) is 0 Å². The van der Waals surface area contributed by atoms with E-state index in [9.17, 15) is 4.79 Å². The van der Waals surface area contributed by atoms with Crippen molar-refractivity contribution >= 4 is 17.7 Å². The molecule has 0 heterocycles. The van der Waals surface area contributed by atoms with E-state index in [1.807, 2.05) is 30.3 Å². The Balaban J connectivity index is 2.45. The fraction of sp³-hybridized carbons (Fsp3) is 0.125. The SMILES string of the molecule is NC(=O)CSc1ccccc1. The van der Waals surface area contributed by atoms with Crippen LogP contribution in [-0.4, -0.2) is 11.7 Å². The van der Waals surface area contributed by atoms with Crippen LogP contribution in [0.25, 0.3) is 0 Å². The minimum Gasteiger partial charge on any atom is -0.369 e. The molecule has 0 aliphatic heterocycles. The highest BCUT2D eigenvalue weighted by atomic mass is 32.2. The summed E-state index contributed by atoms with van der Waals surface area (Å²) in [6, 6.07) is 9.71. The van der Waals surface area contributed by atoms with Gasteiger partial charge >= 0.3 is 0 Å². The lowest BCUT2D eigenvalue weighted by atomic mass is 10.4. The molecule has 1 rings (SSSR count). The molecular formula is C8H9NOS. The van der Waals surface area contributed by atoms with Gasteiger partial charge < -0.3 is 5.73 Å². The van der Waals surface area contributed by atoms with E-state index in [0.29, 0.717) is 5.75 Å². The quantitative estimate of drug-likeness (QED) is 0.689. The predicted octanol–water partition coefficient (Wildman–Crippen LogP) is 1.26. The molecule has 0 spiro atoms. The Hall–Kier alpha value is -0.960. The molecule has 0 aliphatic carbocycles. The zero-order valence-electron chi connectivity index (χ0n) is 5.99. The summed E-state index contributed by atoms with van der Waals surface area (Å²) in [6.45, 7) is 0. The Kier molecular flexibility index (Phi) is 2.98. The number of hydrogen-bond acceptors (Lipinski definition) is 2. The molecule has 2 nitrogen and oxygen atoms in total. The van der Waals surface area contributed by atoms with Gasteiger partial charge in [-0.05, 0) is 12.1 Å². The molecule has 11 heavy (non-hydrogen) atoms. The summed E-state index contributed by atoms with van der Waals surface area (Å²) in [5.74, 6) is 0.0724. The van der Waals surface area contributed by atoms with Crippen molar-refractivity contribution in [1.29, 1.82) is 0 Å². The Labute approximate surface area is 69.8 Å². The van der Waals surface area contributed by atoms with E-state index in [-0.39, 0.29) is 5.91 Å². The van der Waals surface area contributed by atoms with Crippen LogP contribution < -0.4 is 5.73 Å². The van der Waals surface area contributed by atoms with Gasteiger partial charge in [-0.2, -0.15) is 0 Å². The standard InChI is InChI=1S/C8H9NOS/c9-8(10)6-11-7-4-2-1-3-5-7/h1-5H,6H2,(H2,9,10). The lowest BCUT2D eigenvalue weighted by Crippen LogP contribution is -2.12. The van der Waals surface area contributed by atoms with Gasteiger partial charge in [-0.25, -0.2) is 0 Å². The van der Waals surface area contributed by atoms with Crippen molar-refractivity contribution < 1.29 is 4.79 Å². The number of thioether (sulfide) groups is 1. The maximum Gasteiger partial charge on any atom is 0.227 e. The number of carbonyl (C=O) groups excluding carboxylic acids is 1. The molecule has 0 aromatic heterocycles. The topological polar surface area (TPSA) is 43.1 Å². The number of rotatable bonds is 3. The molecule has 3 heteroatoms. The number of nitrogens with two attached hydrogens (primary N) is 1. The smallest absolute Gasteiger partial charge is 0.227 e. The molecule has 0 saturated heterocycles. The first kappa shape index (κ1) is 8.14. The van der Waals surface area contributed by atoms with Crippen molar-refractivity contribution in [2.45, 2.75) is 4.90 Å². The first-order valence-corrected chi connectivity index (χ1v) is 4.24. The molecule has 1 aromatic rings. The van der Waals surface area contributed by atoms with E-state index >= 15 is 0 Å². The van der Waals surface area contributed by atoms with E-state index in [1.165, 1.54) is 11.8 Å². The molecule has 0 unspecified atom stereocenters. The highest BCUT2D eigenvalue weighted by Crippen LogP contribution is 2.15. The second-order valence-corrected chi connectivity index (χ2v) is 3.12. The van der Waals surface area contributed by atoms with E-state index in [0.717, 1.165) is 4.90 Å². The summed E-state index contributed by atoms with van der Waals surface area (Å²) in [5.41, 5.74) is 4.98. The van der Waals surface area contributed by atoms with Crippen LogP contribution in [0.2, 0.25) is 0 Å². The van der Waals surface area contributed by atoms with Gasteiger partial charge in [-0.1, -0.05) is 18.2 Å². The van der Waals surface area contributed by atoms with Crippen molar-refractivity contribution in [1.82, 2.24) is 0 Å². The van der Waals surface area contributed by atoms with E-state index < -0.39 is 0 Å². The van der Waals surface area contributed by atoms with Crippen molar-refractivity contribution in [3.63, 3.8) is 0 Å². The summed E-state index contributed by atoms with van der Waals surface area (Å²) < 4.78 is 0. The molecule has 2 N–H and O–H groups in total. The summed E-state index contributed by atoms with van der Waals surface area (Å²) in [4.78, 5) is 11.4. The van der Waals surface area contributed by atoms with Crippen molar-refractivity contribution in [2.24, 2.45) is 5.73 Å². The van der Waals surface area contributed by atoms with Crippen molar-refractivity contribution in [3.8, 4) is 0 Å². The third kappa shape index (κ3) is 3.09. The Morgan fingerprint density at radius 1 is 1.36 bits per heavy atom. The third-order valence-electron chi connectivity index (χ3n) is 1.12. The molecular weight excluding hydrogens is 158 g/mol. The number of carbonyl (C=O) groups is 1. The molecule has 0 bridgehead atoms. The van der Waals surface area contributed by atoms with Crippen LogP contribution in [0.5, 0.6) is 0 Å². The first-order valence-electron chi connectivity index (χ1n) is 3.25. The second-order valence-electron chi connectivity index (χ2n) is 2.07. The Morgan fingerprint density at radius 3 is 2.55 bits per heavy atom. The molecule has 1 aromatic carbocycles. The number of primary amides is 1. The minimum absolute atomic E-state index is 0.279. The van der Waals surface area contributed by atoms with Gasteiger partial charge in [-0.3, -0.25) is 4.79 Å². The zero-order valence-corrected chi connectivity index (χ0v) is 6.80. The second kappa shape index (κ2) is 4.03. The highest BCUT2D eigenvalue weighted by molar-refractivity contribution is 8.00. The maximum atomic E-state index is 10.4. The molecule has 0 aliphatic rings. The van der Waals surface area contributed by atoms with Crippen molar-refractivity contribution in [2.75, 3.05) is 5.75 Å². The van der Waals surface area contributed by atoms with Crippen LogP contribution in [0.15, 0.2) is 35.2 Å². The van der Waals surface area contributed by atoms with Gasteiger partial charge in [-0.15, -0.1) is 11.8 Å². The van der Waals surface area contributed by atoms with Gasteiger partial charge in [0.15, 0.2) is 0 Å². The fourth-order valence-electron chi connectivity index (χ4n) is 0.671. The van der Waals surface area contributed by atoms with Crippen LogP contribution in [0.1, 0.15) is 0 Å². The molecule has 0 fully saturated rings. The predicted molar refractivity (Wildman–Crippen MR) is 46.4 cm³/mol. The minimum atomic E-state index is -0.279. The normalized spacial score (nSPS) is 9.45. The van der Waals surface area contributed by atoms with Gasteiger partial charge in [0.25, 0.3) is 0 Å². The summed E-state index contributed by atoms with van der Waals surface area (Å²) in [7, 11) is 0. The third-order valence-corrected chi connectivity index (χ3v) is 2.16. The molecule has 0 saturated carbocycles. The average Bonchev–Trinajstić information content (AvgIpc) is 2.03. The fourth-order valence-corrected chi connectivity index (χ4v) is 1.33. The van der Waals surface area contributed by atoms with Gasteiger partial charge in [0.05, 0.1) is 5.75 Å². The monoisotopic (exact) mass is 167 g/mol. The molecule has 0 radical (unpaired) electrons. The van der Waals surface area contributed by atoms with E-state index in [4.69, 9.17) is 5.73 Å². The van der Waals surface area contributed by atoms with Crippen LogP contribution in [0, 0.1) is 0 Å². The van der Waals surface area contributed by atoms with Crippen molar-refractivity contribution in [3.05, 3.63) is 30.3 Å². The summed E-state index contributed by atoms with van der Waals surface area (Å²) >= 11 is 1.45. The highest BCUT2D eigenvalue weighted by Gasteiger charge is 1.95. The number of amides is 1. The number of hydrogen-bond donors (Lipinski definition) is 1. The molecule has 0 atom stereocenters. The maximum absolute atomic E-state index is 10.4. The lowest BCUT2D eigenvalue weighted by Gasteiger charge is -1.95. The van der Waals surface area contributed by atoms with Crippen LogP contribution >= 0.6 is 11.8 Å². The largest absolute Gasteiger partial charge is 0.369 e. The van der Waals surface area contributed by atoms with E-state index in [2.05, 4.69) is 0 Å². The summed E-state index contributed by atoms with van der Waals surface area (Å²) in [5, 5.41) is 0. The number of benzene rings is 1. The zero-order chi connectivity index (χ0) is 8.10. The summed E-state index contributed by atoms with van der Waals surface area (Å²) in [6.07, 6.45) is 0. The molecule has 1 amide bonds. The Bertz CT molecular complexity index is 235. The lowest BCUT2D eigenvalue weighted by molar-refractivity contribution is -0.115. The van der Waals surface area contributed by atoms with Crippen LogP contribution in [0.3, 0.4) is 0 Å². The Morgan fingerprint density at radius 2 is 2.00 bits per heavy atom. The van der Waals surface area contributed by atoms with E-state index in [1.54, 1.807) is 0 Å².